The summed E-state index contributed by atoms with van der Waals surface area (Å²) >= 11 is 3.24. The van der Waals surface area contributed by atoms with Crippen LogP contribution >= 0.6 is 15.9 Å². The maximum atomic E-state index is 8.89. The average molecular weight is 273 g/mol. The highest BCUT2D eigenvalue weighted by Gasteiger charge is 2.08. The van der Waals surface area contributed by atoms with Crippen molar-refractivity contribution in [3.63, 3.8) is 0 Å². The van der Waals surface area contributed by atoms with Crippen molar-refractivity contribution in [3.05, 3.63) is 23.3 Å². The van der Waals surface area contributed by atoms with Gasteiger partial charge in [-0.15, -0.1) is 6.58 Å². The molecule has 6 heteroatoms. The molecule has 1 aromatic rings. The topological polar surface area (TPSA) is 75.3 Å². The number of aliphatic hydroxyl groups is 1. The molecular formula is C9H13BrN4O. The lowest BCUT2D eigenvalue weighted by atomic mass is 10.5. The lowest BCUT2D eigenvalue weighted by molar-refractivity contribution is 0.302. The maximum Gasteiger partial charge on any atom is 0.228 e. The van der Waals surface area contributed by atoms with E-state index < -0.39 is 0 Å². The van der Waals surface area contributed by atoms with E-state index in [0.29, 0.717) is 29.5 Å². The number of hydrogen-bond acceptors (Lipinski definition) is 5. The van der Waals surface area contributed by atoms with Crippen LogP contribution in [0.5, 0.6) is 0 Å². The van der Waals surface area contributed by atoms with Gasteiger partial charge in [-0.05, 0) is 15.9 Å². The minimum atomic E-state index is 0.0314. The van der Waals surface area contributed by atoms with Crippen LogP contribution in [0, 0.1) is 0 Å². The van der Waals surface area contributed by atoms with Crippen molar-refractivity contribution >= 4 is 27.7 Å². The van der Waals surface area contributed by atoms with E-state index in [1.807, 2.05) is 0 Å². The SMILES string of the molecule is C=CCN(CCO)c1nc(N)cc(Br)n1. The Hall–Kier alpha value is -1.14. The van der Waals surface area contributed by atoms with E-state index in [0.717, 1.165) is 0 Å². The minimum absolute atomic E-state index is 0.0314. The summed E-state index contributed by atoms with van der Waals surface area (Å²) in [7, 11) is 0. The fourth-order valence-electron chi connectivity index (χ4n) is 1.11. The zero-order valence-electron chi connectivity index (χ0n) is 8.23. The molecule has 5 nitrogen and oxygen atoms in total. The van der Waals surface area contributed by atoms with E-state index in [2.05, 4.69) is 32.5 Å². The van der Waals surface area contributed by atoms with E-state index in [-0.39, 0.29) is 6.61 Å². The zero-order valence-corrected chi connectivity index (χ0v) is 9.81. The molecule has 0 fully saturated rings. The quantitative estimate of drug-likeness (QED) is 0.613. The monoisotopic (exact) mass is 272 g/mol. The molecule has 15 heavy (non-hydrogen) atoms. The Kier molecular flexibility index (Phi) is 4.51. The predicted octanol–water partition coefficient (Wildman–Crippen LogP) is 0.806. The number of nitrogen functional groups attached to an aromatic ring is 1. The third-order valence-electron chi connectivity index (χ3n) is 1.71. The molecule has 0 aromatic carbocycles. The Balaban J connectivity index is 2.93. The van der Waals surface area contributed by atoms with Crippen molar-refractivity contribution in [2.75, 3.05) is 30.3 Å². The van der Waals surface area contributed by atoms with Crippen LogP contribution in [0.2, 0.25) is 0 Å². The van der Waals surface area contributed by atoms with Crippen molar-refractivity contribution < 1.29 is 5.11 Å². The molecule has 0 saturated carbocycles. The first-order chi connectivity index (χ1) is 7.17. The van der Waals surface area contributed by atoms with Crippen LogP contribution in [-0.2, 0) is 0 Å². The molecule has 82 valence electrons. The number of nitrogens with zero attached hydrogens (tertiary/aromatic N) is 3. The van der Waals surface area contributed by atoms with Crippen LogP contribution in [0.4, 0.5) is 11.8 Å². The molecular weight excluding hydrogens is 260 g/mol. The molecule has 0 radical (unpaired) electrons. The van der Waals surface area contributed by atoms with E-state index >= 15 is 0 Å². The van der Waals surface area contributed by atoms with Gasteiger partial charge in [0.1, 0.15) is 10.4 Å². The normalized spacial score (nSPS) is 10.0. The van der Waals surface area contributed by atoms with Gasteiger partial charge in [0, 0.05) is 19.2 Å². The number of hydrogen-bond donors (Lipinski definition) is 2. The molecule has 0 unspecified atom stereocenters. The number of nitrogens with two attached hydrogens (primary N) is 1. The summed E-state index contributed by atoms with van der Waals surface area (Å²) in [5.74, 6) is 0.870. The minimum Gasteiger partial charge on any atom is -0.395 e. The summed E-state index contributed by atoms with van der Waals surface area (Å²) in [6.45, 7) is 4.67. The number of aromatic nitrogens is 2. The van der Waals surface area contributed by atoms with Crippen LogP contribution in [-0.4, -0.2) is 34.8 Å². The largest absolute Gasteiger partial charge is 0.395 e. The molecule has 1 heterocycles. The van der Waals surface area contributed by atoms with Crippen molar-refractivity contribution in [2.45, 2.75) is 0 Å². The second-order valence-corrected chi connectivity index (χ2v) is 3.69. The molecule has 0 amide bonds. The second kappa shape index (κ2) is 5.67. The van der Waals surface area contributed by atoms with Crippen LogP contribution in [0.3, 0.4) is 0 Å². The lowest BCUT2D eigenvalue weighted by Gasteiger charge is -2.19. The molecule has 0 bridgehead atoms. The van der Waals surface area contributed by atoms with Crippen molar-refractivity contribution in [1.29, 1.82) is 0 Å². The van der Waals surface area contributed by atoms with Crippen molar-refractivity contribution in [2.24, 2.45) is 0 Å². The van der Waals surface area contributed by atoms with Crippen LogP contribution in [0.15, 0.2) is 23.3 Å². The Morgan fingerprint density at radius 3 is 2.87 bits per heavy atom. The van der Waals surface area contributed by atoms with Gasteiger partial charge in [-0.1, -0.05) is 6.08 Å². The van der Waals surface area contributed by atoms with E-state index in [1.54, 1.807) is 17.0 Å². The molecule has 0 saturated heterocycles. The number of aliphatic hydroxyl groups excluding tert-OH is 1. The molecule has 0 aliphatic rings. The number of rotatable bonds is 5. The van der Waals surface area contributed by atoms with Crippen LogP contribution in [0.1, 0.15) is 0 Å². The predicted molar refractivity (Wildman–Crippen MR) is 63.6 cm³/mol. The van der Waals surface area contributed by atoms with Gasteiger partial charge in [0.25, 0.3) is 0 Å². The fourth-order valence-corrected chi connectivity index (χ4v) is 1.51. The summed E-state index contributed by atoms with van der Waals surface area (Å²) < 4.78 is 0.622. The van der Waals surface area contributed by atoms with E-state index in [1.165, 1.54) is 0 Å². The fraction of sp³-hybridized carbons (Fsp3) is 0.333. The summed E-state index contributed by atoms with van der Waals surface area (Å²) in [6.07, 6.45) is 1.72. The first-order valence-corrected chi connectivity index (χ1v) is 5.23. The van der Waals surface area contributed by atoms with Gasteiger partial charge in [0.05, 0.1) is 6.61 Å². The Labute approximate surface area is 96.8 Å². The van der Waals surface area contributed by atoms with Crippen molar-refractivity contribution in [1.82, 2.24) is 9.97 Å². The smallest absolute Gasteiger partial charge is 0.228 e. The Bertz CT molecular complexity index is 325. The van der Waals surface area contributed by atoms with Gasteiger partial charge >= 0.3 is 0 Å². The standard InChI is InChI=1S/C9H13BrN4O/c1-2-3-14(4-5-15)9-12-7(10)6-8(11)13-9/h2,6,15H,1,3-5H2,(H2,11,12,13). The Morgan fingerprint density at radius 1 is 1.60 bits per heavy atom. The summed E-state index contributed by atoms with van der Waals surface area (Å²) in [5, 5.41) is 8.89. The molecule has 3 N–H and O–H groups in total. The third kappa shape index (κ3) is 3.49. The van der Waals surface area contributed by atoms with E-state index in [9.17, 15) is 0 Å². The molecule has 1 aromatic heterocycles. The van der Waals surface area contributed by atoms with Gasteiger partial charge in [-0.25, -0.2) is 4.98 Å². The first kappa shape index (κ1) is 11.9. The second-order valence-electron chi connectivity index (χ2n) is 2.87. The van der Waals surface area contributed by atoms with Gasteiger partial charge < -0.3 is 15.7 Å². The summed E-state index contributed by atoms with van der Waals surface area (Å²) in [5.41, 5.74) is 5.59. The lowest BCUT2D eigenvalue weighted by Crippen LogP contribution is -2.28. The van der Waals surface area contributed by atoms with Crippen molar-refractivity contribution in [3.8, 4) is 0 Å². The molecule has 0 atom stereocenters. The van der Waals surface area contributed by atoms with Crippen LogP contribution in [0.25, 0.3) is 0 Å². The van der Waals surface area contributed by atoms with Gasteiger partial charge in [-0.3, -0.25) is 0 Å². The van der Waals surface area contributed by atoms with Gasteiger partial charge in [-0.2, -0.15) is 4.98 Å². The highest BCUT2D eigenvalue weighted by molar-refractivity contribution is 9.10. The highest BCUT2D eigenvalue weighted by atomic mass is 79.9. The first-order valence-electron chi connectivity index (χ1n) is 4.44. The summed E-state index contributed by atoms with van der Waals surface area (Å²) in [4.78, 5) is 10.0. The molecule has 1 rings (SSSR count). The molecule has 0 aliphatic heterocycles. The number of anilines is 2. The summed E-state index contributed by atoms with van der Waals surface area (Å²) in [6, 6.07) is 1.62. The van der Waals surface area contributed by atoms with Crippen LogP contribution < -0.4 is 10.6 Å². The molecule has 0 spiro atoms. The zero-order chi connectivity index (χ0) is 11.3. The average Bonchev–Trinajstić information content (AvgIpc) is 2.16. The Morgan fingerprint density at radius 2 is 2.33 bits per heavy atom. The van der Waals surface area contributed by atoms with Gasteiger partial charge in [0.15, 0.2) is 0 Å². The highest BCUT2D eigenvalue weighted by Crippen LogP contribution is 2.15. The van der Waals surface area contributed by atoms with E-state index in [4.69, 9.17) is 10.8 Å². The van der Waals surface area contributed by atoms with Gasteiger partial charge in [0.2, 0.25) is 5.95 Å². The maximum absolute atomic E-state index is 8.89. The number of halogens is 1. The third-order valence-corrected chi connectivity index (χ3v) is 2.11. The molecule has 0 aliphatic carbocycles.